The molecule has 37 nitrogen and oxygen atoms in total. The molecule has 25 rings (SSSR count). The molecule has 734 valence electrons. The van der Waals surface area contributed by atoms with Crippen LogP contribution in [0.5, 0.6) is 28.7 Å². The first-order valence-corrected chi connectivity index (χ1v) is 52.5. The normalized spacial score (nSPS) is 40.3. The fraction of sp³-hybridized carbons (Fsp3) is 0.649. The largest absolute Gasteiger partial charge is 0.486 e. The van der Waals surface area contributed by atoms with Gasteiger partial charge in [0.25, 0.3) is 40.5 Å². The van der Waals surface area contributed by atoms with Gasteiger partial charge in [0, 0.05) is 112 Å². The zero-order valence-corrected chi connectivity index (χ0v) is 79.2. The summed E-state index contributed by atoms with van der Waals surface area (Å²) in [6, 6.07) is 17.4. The summed E-state index contributed by atoms with van der Waals surface area (Å²) in [7, 11) is -6.18. The minimum atomic E-state index is -4.78. The number of carbonyl (C=O) groups excluding carboxylic acids is 3. The lowest BCUT2D eigenvalue weighted by molar-refractivity contribution is -0.227. The second kappa shape index (κ2) is 30.8. The maximum Gasteiger partial charge on any atom is 0.273 e. The Labute approximate surface area is 780 Å². The first-order chi connectivity index (χ1) is 63.6. The monoisotopic (exact) mass is 1960 g/mol. The molecular formula is C94H117N5O32S4. The predicted molar refractivity (Wildman–Crippen MR) is 475 cm³/mol. The number of hydrogen-bond donors (Lipinski definition) is 14. The molecule has 5 aromatic rings. The number of likely N-dealkylation sites (N-methyl/N-ethyl adjacent to an activating group) is 5. The molecular weight excluding hydrogens is 1840 g/mol. The number of aliphatic hydroxyl groups excluding tert-OH is 5. The minimum absolute atomic E-state index is 0.00216. The van der Waals surface area contributed by atoms with Gasteiger partial charge >= 0.3 is 0 Å². The molecule has 10 fully saturated rings. The van der Waals surface area contributed by atoms with E-state index in [0.717, 1.165) is 109 Å². The average molecular weight is 1960 g/mol. The van der Waals surface area contributed by atoms with Gasteiger partial charge in [-0.05, 0) is 186 Å². The van der Waals surface area contributed by atoms with Crippen molar-refractivity contribution in [3.05, 3.63) is 144 Å². The van der Waals surface area contributed by atoms with Crippen LogP contribution in [0.1, 0.15) is 167 Å². The van der Waals surface area contributed by atoms with E-state index in [1.165, 1.54) is 0 Å². The van der Waals surface area contributed by atoms with Crippen LogP contribution in [-0.2, 0) is 155 Å². The topological polar surface area (TPSA) is 552 Å². The van der Waals surface area contributed by atoms with Crippen molar-refractivity contribution < 1.29 is 150 Å². The lowest BCUT2D eigenvalue weighted by Crippen LogP contribution is -2.84. The SMILES string of the molecule is CN1CCC23c4c5ccc(CO)c4O[C@H]2C(=O)CC[C@@]3(O)C1C5.CN1CCC23c4c5ccc(CO)c4O[C@H]2C(=O)CC[C@@]3(O)C1C5.CN1CCC23c4c5ccc(CO)c4O[C@H]2C(O)(CS(=O)(=O)O)CC[C@@]3(O)C1C5.COS(=O)(=O)C1CC(=O)[C@@H]2Oc3c(CO)ccc4c3C23CCN(C)C(C4)[C@]13O.COS(=O)(=O)C1CC(O)(CS(=O)(=O)O)[C@@H]2Oc3c(CO)ccc4c3C23CCN(C)C(C4)[C@]13O. The van der Waals surface area contributed by atoms with Gasteiger partial charge in [-0.15, -0.1) is 0 Å². The number of nitrogens with zero attached hydrogens (tertiary/aromatic N) is 5. The summed E-state index contributed by atoms with van der Waals surface area (Å²) >= 11 is 0. The Hall–Kier alpha value is -6.93. The molecule has 14 unspecified atom stereocenters. The van der Waals surface area contributed by atoms with E-state index >= 15 is 0 Å². The smallest absolute Gasteiger partial charge is 0.273 e. The predicted octanol–water partition coefficient (Wildman–Crippen LogP) is -1.33. The van der Waals surface area contributed by atoms with Crippen LogP contribution in [-0.4, -0.2) is 350 Å². The first kappa shape index (κ1) is 94.3. The van der Waals surface area contributed by atoms with Crippen LogP contribution in [0.15, 0.2) is 60.7 Å². The summed E-state index contributed by atoms with van der Waals surface area (Å²) in [5.41, 5.74) is -3.98. The Bertz CT molecular complexity index is 6270. The van der Waals surface area contributed by atoms with Crippen LogP contribution < -0.4 is 23.7 Å². The van der Waals surface area contributed by atoms with E-state index in [0.29, 0.717) is 122 Å². The van der Waals surface area contributed by atoms with Crippen LogP contribution in [0.25, 0.3) is 0 Å². The van der Waals surface area contributed by atoms with Crippen LogP contribution in [0.3, 0.4) is 0 Å². The highest BCUT2D eigenvalue weighted by atomic mass is 32.2. The Balaban J connectivity index is 0.000000102. The van der Waals surface area contributed by atoms with E-state index < -0.39 is 184 Å². The van der Waals surface area contributed by atoms with E-state index in [4.69, 9.17) is 32.1 Å². The lowest BCUT2D eigenvalue weighted by Gasteiger charge is -2.66. The molecule has 5 saturated heterocycles. The number of ether oxygens (including phenoxy) is 5. The fourth-order valence-corrected chi connectivity index (χ4v) is 35.9. The first-order valence-electron chi connectivity index (χ1n) is 46.4. The molecule has 5 saturated carbocycles. The summed E-state index contributed by atoms with van der Waals surface area (Å²) < 4.78 is 159. The maximum atomic E-state index is 13.2. The Morgan fingerprint density at radius 3 is 1.01 bits per heavy atom. The van der Waals surface area contributed by atoms with Crippen molar-refractivity contribution in [1.29, 1.82) is 0 Å². The summed E-state index contributed by atoms with van der Waals surface area (Å²) in [4.78, 5) is 48.8. The van der Waals surface area contributed by atoms with E-state index in [1.54, 1.807) is 31.3 Å². The van der Waals surface area contributed by atoms with Crippen molar-refractivity contribution in [2.24, 2.45) is 0 Å². The van der Waals surface area contributed by atoms with Gasteiger partial charge in [-0.25, -0.2) is 0 Å². The minimum Gasteiger partial charge on any atom is -0.486 e. The van der Waals surface area contributed by atoms with Crippen LogP contribution in [0.2, 0.25) is 0 Å². The quantitative estimate of drug-likeness (QED) is 0.0480. The van der Waals surface area contributed by atoms with E-state index in [9.17, 15) is 118 Å². The number of likely N-dealkylation sites (tertiary alicyclic amines) is 5. The van der Waals surface area contributed by atoms with Gasteiger partial charge in [-0.3, -0.25) is 31.9 Å². The standard InChI is InChI=1S/C20H27NO10S2.C19H23NO7S.C19H25NO7S.2C18H21NO4/c1-21-6-5-19-15-11-3-4-12(9-22)16(15)31-17(19)18(23,10-32(25,26)27)8-14(33(28,29)30-2)20(19,24)13(21)7-11;1-20-6-5-18-15-10-3-4-11(9-21)16(15)27-17(18)12(22)8-14(28(24,25)26-2)19(18,23)13(20)7-10;1-20-7-6-18-14-11-2-3-12(9-21)15(14)27-16(18)17(22,10-28(24,25)26)4-5-19(18,23)13(20)8-11;2*1-19-7-6-17-14-10-2-3-11(9-20)15(14)23-16(17)12(21)4-5-18(17,22)13(19)8-10/h3-4,13-14,17,22-24H,5-10H2,1-2H3,(H,25,26,27);3-4,13-14,17,21,23H,5-9H2,1-2H3;2-3,13,16,21-23H,4-10H2,1H3,(H,24,25,26);2*2-3,13,16,20,22H,4-9H2,1H3/t13?,14?,17-,18?,19?,20-;13?,14?,17-,18?,19-;13?,16-,17?,18?,19+;2*13?,16-,17?,18+/m00000/s1. The number of piperidine rings is 5. The average Bonchev–Trinajstić information content (AvgIpc) is 1.54. The second-order valence-electron chi connectivity index (χ2n) is 42.0. The molecule has 14 N–H and O–H groups in total. The van der Waals surface area contributed by atoms with Crippen LogP contribution >= 0.6 is 0 Å². The van der Waals surface area contributed by atoms with Gasteiger partial charge < -0.3 is 109 Å². The lowest BCUT2D eigenvalue weighted by atomic mass is 9.46. The fourth-order valence-electron chi connectivity index (χ4n) is 31.2. The zero-order chi connectivity index (χ0) is 96.3. The number of carbonyl (C=O) groups is 3. The van der Waals surface area contributed by atoms with Crippen LogP contribution in [0, 0.1) is 0 Å². The van der Waals surface area contributed by atoms with Crippen molar-refractivity contribution in [3.63, 3.8) is 0 Å². The maximum absolute atomic E-state index is 13.2. The van der Waals surface area contributed by atoms with Crippen molar-refractivity contribution in [3.8, 4) is 28.7 Å². The Morgan fingerprint density at radius 1 is 0.341 bits per heavy atom. The Kier molecular flexibility index (Phi) is 21.5. The third kappa shape index (κ3) is 12.0. The molecule has 5 spiro atoms. The molecule has 5 aromatic carbocycles. The third-order valence-corrected chi connectivity index (χ3v) is 41.9. The molecule has 10 aliphatic carbocycles. The summed E-state index contributed by atoms with van der Waals surface area (Å²) in [5.74, 6) is 0.196. The molecule has 20 aliphatic rings. The molecule has 0 amide bonds. The van der Waals surface area contributed by atoms with Crippen molar-refractivity contribution >= 4 is 57.8 Å². The van der Waals surface area contributed by atoms with E-state index in [2.05, 4.69) is 28.8 Å². The van der Waals surface area contributed by atoms with Gasteiger partial charge in [0.05, 0.1) is 91.1 Å². The molecule has 41 heteroatoms. The Morgan fingerprint density at radius 2 is 0.630 bits per heavy atom. The number of benzene rings is 5. The van der Waals surface area contributed by atoms with Gasteiger partial charge in [0.1, 0.15) is 85.4 Å². The van der Waals surface area contributed by atoms with E-state index in [1.807, 2.05) is 60.3 Å². The van der Waals surface area contributed by atoms with Crippen LogP contribution in [0.4, 0.5) is 0 Å². The third-order valence-electron chi connectivity index (χ3n) is 36.8. The highest BCUT2D eigenvalue weighted by Gasteiger charge is 2.84. The summed E-state index contributed by atoms with van der Waals surface area (Å²) in [6.07, 6.45) is 1.66. The molecule has 10 bridgehead atoms. The highest BCUT2D eigenvalue weighted by molar-refractivity contribution is 7.88. The van der Waals surface area contributed by atoms with Crippen molar-refractivity contribution in [2.75, 3.05) is 93.7 Å². The number of aliphatic hydroxyl groups is 12. The van der Waals surface area contributed by atoms with Crippen molar-refractivity contribution in [2.45, 2.75) is 286 Å². The van der Waals surface area contributed by atoms with E-state index in [-0.39, 0.29) is 99.8 Å². The molecule has 10 heterocycles. The van der Waals surface area contributed by atoms with Gasteiger partial charge in [0.2, 0.25) is 0 Å². The second-order valence-corrected chi connectivity index (χ2v) is 48.7. The number of hydrogen-bond acceptors (Lipinski definition) is 35. The molecule has 10 aliphatic heterocycles. The molecule has 24 atom stereocenters. The number of ketones is 3. The van der Waals surface area contributed by atoms with Crippen molar-refractivity contribution in [1.82, 2.24) is 24.5 Å². The molecule has 135 heavy (non-hydrogen) atoms. The number of rotatable bonds is 13. The zero-order valence-electron chi connectivity index (χ0n) is 75.9. The van der Waals surface area contributed by atoms with Gasteiger partial charge in [-0.1, -0.05) is 60.7 Å². The highest BCUT2D eigenvalue weighted by Crippen LogP contribution is 2.73. The summed E-state index contributed by atoms with van der Waals surface area (Å²) in [5, 5.41) is 129. The number of Topliss-reactive ketones (excluding diaryl/α,β-unsaturated/α-hetero) is 3. The van der Waals surface area contributed by atoms with Gasteiger partial charge in [-0.2, -0.15) is 33.7 Å². The van der Waals surface area contributed by atoms with Gasteiger partial charge in [0.15, 0.2) is 35.7 Å². The molecule has 0 radical (unpaired) electrons. The molecule has 0 aromatic heterocycles. The summed E-state index contributed by atoms with van der Waals surface area (Å²) in [6.45, 7) is 2.22.